The molecule has 0 saturated carbocycles. The largest absolute Gasteiger partial charge is 0.411 e. The smallest absolute Gasteiger partial charge is 0.367 e. The first kappa shape index (κ1) is 24.5. The van der Waals surface area contributed by atoms with Gasteiger partial charge in [-0.05, 0) is 55.8 Å². The van der Waals surface area contributed by atoms with Crippen molar-refractivity contribution in [2.75, 3.05) is 39.8 Å². The van der Waals surface area contributed by atoms with Crippen LogP contribution in [0.4, 0.5) is 13.2 Å². The number of ether oxygens (including phenoxy) is 1. The number of hydrogen-bond donors (Lipinski definition) is 2. The minimum atomic E-state index is -4.29. The molecule has 0 radical (unpaired) electrons. The number of rotatable bonds is 10. The van der Waals surface area contributed by atoms with Crippen molar-refractivity contribution < 1.29 is 17.9 Å². The van der Waals surface area contributed by atoms with Gasteiger partial charge < -0.3 is 20.3 Å². The molecule has 2 N–H and O–H groups in total. The molecular formula is C22H35F3N4O. The molecule has 1 fully saturated rings. The molecular weight excluding hydrogens is 393 g/mol. The molecule has 1 atom stereocenters. The molecule has 0 spiro atoms. The number of alkyl halides is 3. The van der Waals surface area contributed by atoms with Crippen molar-refractivity contribution in [1.29, 1.82) is 0 Å². The molecule has 1 aliphatic rings. The summed E-state index contributed by atoms with van der Waals surface area (Å²) in [5.41, 5.74) is 1.74. The number of likely N-dealkylation sites (tertiary alicyclic amines) is 1. The van der Waals surface area contributed by atoms with E-state index < -0.39 is 12.8 Å². The van der Waals surface area contributed by atoms with Crippen LogP contribution in [0.2, 0.25) is 0 Å². The molecule has 2 rings (SSSR count). The maximum Gasteiger partial charge on any atom is 0.411 e. The quantitative estimate of drug-likeness (QED) is 0.337. The number of nitrogens with zero attached hydrogens (tertiary/aromatic N) is 2. The van der Waals surface area contributed by atoms with Crippen LogP contribution in [0.5, 0.6) is 0 Å². The molecule has 1 saturated heterocycles. The standard InChI is InChI=1S/C22H35F3N4O/c1-18-6-5-13-29(15-18)12-4-3-11-27-21(26-2)28-14-19-7-9-20(10-8-19)16-30-17-22(23,24)25/h7-10,18H,3-6,11-17H2,1-2H3,(H2,26,27,28). The van der Waals surface area contributed by atoms with E-state index in [-0.39, 0.29) is 6.61 Å². The lowest BCUT2D eigenvalue weighted by atomic mass is 10.0. The lowest BCUT2D eigenvalue weighted by Crippen LogP contribution is -2.38. The number of aliphatic imine (C=N–C) groups is 1. The van der Waals surface area contributed by atoms with Crippen LogP contribution in [0.1, 0.15) is 43.7 Å². The van der Waals surface area contributed by atoms with E-state index in [0.29, 0.717) is 12.1 Å². The van der Waals surface area contributed by atoms with Gasteiger partial charge in [0.2, 0.25) is 0 Å². The fraction of sp³-hybridized carbons (Fsp3) is 0.682. The zero-order chi connectivity index (χ0) is 21.8. The van der Waals surface area contributed by atoms with Crippen LogP contribution in [0, 0.1) is 5.92 Å². The van der Waals surface area contributed by atoms with Gasteiger partial charge in [0, 0.05) is 26.7 Å². The van der Waals surface area contributed by atoms with Crippen molar-refractivity contribution in [2.45, 2.75) is 51.9 Å². The van der Waals surface area contributed by atoms with Gasteiger partial charge in [-0.25, -0.2) is 0 Å². The Balaban J connectivity index is 1.59. The van der Waals surface area contributed by atoms with E-state index in [4.69, 9.17) is 0 Å². The predicted molar refractivity (Wildman–Crippen MR) is 114 cm³/mol. The first-order valence-electron chi connectivity index (χ1n) is 10.7. The number of piperidine rings is 1. The first-order chi connectivity index (χ1) is 14.4. The second-order valence-corrected chi connectivity index (χ2v) is 8.03. The highest BCUT2D eigenvalue weighted by atomic mass is 19.4. The SMILES string of the molecule is CN=C(NCCCCN1CCCC(C)C1)NCc1ccc(COCC(F)(F)F)cc1. The number of nitrogens with one attached hydrogen (secondary N) is 2. The average molecular weight is 429 g/mol. The summed E-state index contributed by atoms with van der Waals surface area (Å²) in [6.45, 7) is 6.14. The van der Waals surface area contributed by atoms with Gasteiger partial charge in [0.25, 0.3) is 0 Å². The van der Waals surface area contributed by atoms with Gasteiger partial charge in [0.05, 0.1) is 6.61 Å². The van der Waals surface area contributed by atoms with Gasteiger partial charge in [0.15, 0.2) is 5.96 Å². The monoisotopic (exact) mass is 428 g/mol. The zero-order valence-corrected chi connectivity index (χ0v) is 18.1. The van der Waals surface area contributed by atoms with E-state index in [1.165, 1.54) is 32.4 Å². The summed E-state index contributed by atoms with van der Waals surface area (Å²) < 4.78 is 41.0. The third kappa shape index (κ3) is 10.3. The van der Waals surface area contributed by atoms with Gasteiger partial charge in [-0.2, -0.15) is 13.2 Å². The zero-order valence-electron chi connectivity index (χ0n) is 18.1. The van der Waals surface area contributed by atoms with Gasteiger partial charge in [0.1, 0.15) is 6.61 Å². The van der Waals surface area contributed by atoms with Crippen molar-refractivity contribution in [3.05, 3.63) is 35.4 Å². The van der Waals surface area contributed by atoms with E-state index in [2.05, 4.69) is 32.2 Å². The Labute approximate surface area is 178 Å². The molecule has 30 heavy (non-hydrogen) atoms. The molecule has 8 heteroatoms. The summed E-state index contributed by atoms with van der Waals surface area (Å²) in [4.78, 5) is 6.81. The fourth-order valence-corrected chi connectivity index (χ4v) is 3.60. The lowest BCUT2D eigenvalue weighted by Gasteiger charge is -2.30. The number of hydrogen-bond acceptors (Lipinski definition) is 3. The molecule has 1 aromatic carbocycles. The van der Waals surface area contributed by atoms with Crippen LogP contribution >= 0.6 is 0 Å². The Kier molecular flexibility index (Phi) is 10.4. The Morgan fingerprint density at radius 1 is 1.17 bits per heavy atom. The summed E-state index contributed by atoms with van der Waals surface area (Å²) in [6, 6.07) is 7.33. The molecule has 1 aromatic rings. The van der Waals surface area contributed by atoms with E-state index in [9.17, 15) is 13.2 Å². The van der Waals surface area contributed by atoms with Crippen molar-refractivity contribution in [3.63, 3.8) is 0 Å². The number of unbranched alkanes of at least 4 members (excludes halogenated alkanes) is 1. The predicted octanol–water partition coefficient (Wildman–Crippen LogP) is 3.94. The highest BCUT2D eigenvalue weighted by molar-refractivity contribution is 5.79. The van der Waals surface area contributed by atoms with E-state index in [1.54, 1.807) is 19.2 Å². The molecule has 0 aliphatic carbocycles. The van der Waals surface area contributed by atoms with Gasteiger partial charge >= 0.3 is 6.18 Å². The second-order valence-electron chi connectivity index (χ2n) is 8.03. The second kappa shape index (κ2) is 12.8. The van der Waals surface area contributed by atoms with E-state index in [0.717, 1.165) is 37.0 Å². The van der Waals surface area contributed by atoms with Crippen LogP contribution in [-0.4, -0.2) is 56.9 Å². The Morgan fingerprint density at radius 3 is 2.57 bits per heavy atom. The normalized spacial score (nSPS) is 18.4. The van der Waals surface area contributed by atoms with Gasteiger partial charge in [-0.3, -0.25) is 4.99 Å². The summed E-state index contributed by atoms with van der Waals surface area (Å²) in [7, 11) is 1.74. The number of halogens is 3. The summed E-state index contributed by atoms with van der Waals surface area (Å²) >= 11 is 0. The molecule has 1 heterocycles. The summed E-state index contributed by atoms with van der Waals surface area (Å²) in [5.74, 6) is 1.57. The summed E-state index contributed by atoms with van der Waals surface area (Å²) in [6.07, 6.45) is 0.651. The number of guanidine groups is 1. The van der Waals surface area contributed by atoms with Crippen LogP contribution in [-0.2, 0) is 17.9 Å². The molecule has 1 unspecified atom stereocenters. The average Bonchev–Trinajstić information content (AvgIpc) is 2.70. The molecule has 1 aliphatic heterocycles. The molecule has 0 bridgehead atoms. The van der Waals surface area contributed by atoms with E-state index in [1.807, 2.05) is 12.1 Å². The highest BCUT2D eigenvalue weighted by Gasteiger charge is 2.27. The highest BCUT2D eigenvalue weighted by Crippen LogP contribution is 2.16. The van der Waals surface area contributed by atoms with Crippen LogP contribution in [0.3, 0.4) is 0 Å². The van der Waals surface area contributed by atoms with Crippen LogP contribution < -0.4 is 10.6 Å². The third-order valence-corrected chi connectivity index (χ3v) is 5.18. The maximum atomic E-state index is 12.1. The Hall–Kier alpha value is -1.80. The molecule has 0 aromatic heterocycles. The molecule has 170 valence electrons. The van der Waals surface area contributed by atoms with Crippen molar-refractivity contribution in [2.24, 2.45) is 10.9 Å². The van der Waals surface area contributed by atoms with Gasteiger partial charge in [-0.1, -0.05) is 31.2 Å². The topological polar surface area (TPSA) is 48.9 Å². The van der Waals surface area contributed by atoms with Gasteiger partial charge in [-0.15, -0.1) is 0 Å². The minimum absolute atomic E-state index is 0.0488. The fourth-order valence-electron chi connectivity index (χ4n) is 3.60. The van der Waals surface area contributed by atoms with Crippen LogP contribution in [0.15, 0.2) is 29.3 Å². The Morgan fingerprint density at radius 2 is 1.90 bits per heavy atom. The van der Waals surface area contributed by atoms with E-state index >= 15 is 0 Å². The molecule has 5 nitrogen and oxygen atoms in total. The maximum absolute atomic E-state index is 12.1. The Bertz CT molecular complexity index is 634. The third-order valence-electron chi connectivity index (χ3n) is 5.18. The van der Waals surface area contributed by atoms with Crippen LogP contribution in [0.25, 0.3) is 0 Å². The summed E-state index contributed by atoms with van der Waals surface area (Å²) in [5, 5.41) is 6.60. The van der Waals surface area contributed by atoms with Crippen molar-refractivity contribution in [1.82, 2.24) is 15.5 Å². The number of benzene rings is 1. The van der Waals surface area contributed by atoms with Crippen molar-refractivity contribution in [3.8, 4) is 0 Å². The minimum Gasteiger partial charge on any atom is -0.367 e. The molecule has 0 amide bonds. The van der Waals surface area contributed by atoms with Crippen molar-refractivity contribution >= 4 is 5.96 Å². The first-order valence-corrected chi connectivity index (χ1v) is 10.7. The lowest BCUT2D eigenvalue weighted by molar-refractivity contribution is -0.176.